The van der Waals surface area contributed by atoms with Gasteiger partial charge >= 0.3 is 0 Å². The van der Waals surface area contributed by atoms with Crippen LogP contribution in [0.4, 0.5) is 0 Å². The highest BCUT2D eigenvalue weighted by molar-refractivity contribution is 7.11. The second-order valence-corrected chi connectivity index (χ2v) is 7.81. The van der Waals surface area contributed by atoms with Crippen molar-refractivity contribution in [3.05, 3.63) is 27.7 Å². The Kier molecular flexibility index (Phi) is 7.13. The number of hydrogen-bond donors (Lipinski definition) is 2. The average molecular weight is 393 g/mol. The SMILES string of the molecule is Cc1cnc(CNC(=NCc2nnc(C)n2C)NCCN2CCOCC2)s1. The van der Waals surface area contributed by atoms with Crippen molar-refractivity contribution in [2.24, 2.45) is 12.0 Å². The van der Waals surface area contributed by atoms with E-state index in [9.17, 15) is 0 Å². The summed E-state index contributed by atoms with van der Waals surface area (Å²) >= 11 is 1.69. The fourth-order valence-electron chi connectivity index (χ4n) is 2.71. The second-order valence-electron chi connectivity index (χ2n) is 6.49. The Morgan fingerprint density at radius 1 is 1.26 bits per heavy atom. The number of ether oxygens (including phenoxy) is 1. The fourth-order valence-corrected chi connectivity index (χ4v) is 3.44. The molecule has 1 aliphatic rings. The molecular formula is C17H28N8OS. The summed E-state index contributed by atoms with van der Waals surface area (Å²) in [6.07, 6.45) is 1.90. The molecule has 1 aliphatic heterocycles. The molecule has 0 spiro atoms. The van der Waals surface area contributed by atoms with E-state index in [2.05, 4.69) is 42.6 Å². The summed E-state index contributed by atoms with van der Waals surface area (Å²) in [5, 5.41) is 16.1. The molecular weight excluding hydrogens is 364 g/mol. The number of aryl methyl sites for hydroxylation is 2. The van der Waals surface area contributed by atoms with Crippen LogP contribution < -0.4 is 10.6 Å². The first-order valence-corrected chi connectivity index (χ1v) is 10.0. The molecule has 0 aromatic carbocycles. The number of guanidine groups is 1. The molecule has 9 nitrogen and oxygen atoms in total. The fraction of sp³-hybridized carbons (Fsp3) is 0.647. The minimum absolute atomic E-state index is 0.473. The van der Waals surface area contributed by atoms with Gasteiger partial charge in [-0.25, -0.2) is 9.98 Å². The summed E-state index contributed by atoms with van der Waals surface area (Å²) < 4.78 is 7.36. The first-order valence-electron chi connectivity index (χ1n) is 9.20. The van der Waals surface area contributed by atoms with Gasteiger partial charge in [-0.3, -0.25) is 4.90 Å². The number of nitrogens with one attached hydrogen (secondary N) is 2. The Balaban J connectivity index is 1.56. The van der Waals surface area contributed by atoms with Gasteiger partial charge in [0.25, 0.3) is 0 Å². The smallest absolute Gasteiger partial charge is 0.192 e. The molecule has 148 valence electrons. The van der Waals surface area contributed by atoms with Gasteiger partial charge in [-0.2, -0.15) is 0 Å². The molecule has 1 saturated heterocycles. The van der Waals surface area contributed by atoms with Crippen LogP contribution in [0.3, 0.4) is 0 Å². The molecule has 0 aliphatic carbocycles. The lowest BCUT2D eigenvalue weighted by atomic mass is 10.4. The van der Waals surface area contributed by atoms with E-state index in [4.69, 9.17) is 4.74 Å². The quantitative estimate of drug-likeness (QED) is 0.522. The van der Waals surface area contributed by atoms with E-state index >= 15 is 0 Å². The Hall–Kier alpha value is -2.04. The van der Waals surface area contributed by atoms with Gasteiger partial charge in [0.05, 0.1) is 19.8 Å². The van der Waals surface area contributed by atoms with Crippen LogP contribution in [0.5, 0.6) is 0 Å². The molecule has 10 heteroatoms. The monoisotopic (exact) mass is 392 g/mol. The van der Waals surface area contributed by atoms with Gasteiger partial charge in [0.2, 0.25) is 0 Å². The van der Waals surface area contributed by atoms with Crippen molar-refractivity contribution in [2.45, 2.75) is 26.9 Å². The summed E-state index contributed by atoms with van der Waals surface area (Å²) in [6, 6.07) is 0. The molecule has 0 amide bonds. The van der Waals surface area contributed by atoms with Gasteiger partial charge in [-0.15, -0.1) is 21.5 Å². The van der Waals surface area contributed by atoms with Crippen molar-refractivity contribution in [1.29, 1.82) is 0 Å². The Bertz CT molecular complexity index is 750. The van der Waals surface area contributed by atoms with E-state index in [0.717, 1.165) is 62.0 Å². The first kappa shape index (κ1) is 19.7. The highest BCUT2D eigenvalue weighted by Gasteiger charge is 2.10. The van der Waals surface area contributed by atoms with E-state index in [1.165, 1.54) is 4.88 Å². The number of hydrogen-bond acceptors (Lipinski definition) is 7. The largest absolute Gasteiger partial charge is 0.379 e. The van der Waals surface area contributed by atoms with Crippen molar-refractivity contribution in [1.82, 2.24) is 35.3 Å². The van der Waals surface area contributed by atoms with E-state index < -0.39 is 0 Å². The third-order valence-electron chi connectivity index (χ3n) is 4.46. The molecule has 3 rings (SSSR count). The maximum Gasteiger partial charge on any atom is 0.192 e. The van der Waals surface area contributed by atoms with Crippen LogP contribution in [-0.2, 0) is 24.9 Å². The van der Waals surface area contributed by atoms with Gasteiger partial charge in [0.1, 0.15) is 17.4 Å². The summed E-state index contributed by atoms with van der Waals surface area (Å²) in [4.78, 5) is 12.7. The zero-order chi connectivity index (χ0) is 19.1. The highest BCUT2D eigenvalue weighted by Crippen LogP contribution is 2.10. The molecule has 2 aromatic heterocycles. The lowest BCUT2D eigenvalue weighted by Crippen LogP contribution is -2.44. The molecule has 0 bridgehead atoms. The van der Waals surface area contributed by atoms with Gasteiger partial charge in [0.15, 0.2) is 11.8 Å². The van der Waals surface area contributed by atoms with E-state index in [-0.39, 0.29) is 0 Å². The molecule has 2 aromatic rings. The molecule has 1 fully saturated rings. The van der Waals surface area contributed by atoms with Crippen molar-refractivity contribution < 1.29 is 4.74 Å². The van der Waals surface area contributed by atoms with Crippen LogP contribution in [0, 0.1) is 13.8 Å². The molecule has 0 atom stereocenters. The first-order chi connectivity index (χ1) is 13.1. The minimum Gasteiger partial charge on any atom is -0.379 e. The maximum absolute atomic E-state index is 5.40. The third-order valence-corrected chi connectivity index (χ3v) is 5.37. The van der Waals surface area contributed by atoms with Crippen LogP contribution in [0.1, 0.15) is 21.5 Å². The number of thiazole rings is 1. The lowest BCUT2D eigenvalue weighted by molar-refractivity contribution is 0.0389. The van der Waals surface area contributed by atoms with Crippen LogP contribution in [0.15, 0.2) is 11.2 Å². The second kappa shape index (κ2) is 9.77. The summed E-state index contributed by atoms with van der Waals surface area (Å²) in [5.74, 6) is 2.48. The number of aliphatic imine (C=N–C) groups is 1. The van der Waals surface area contributed by atoms with Crippen molar-refractivity contribution in [3.8, 4) is 0 Å². The molecule has 0 unspecified atom stereocenters. The molecule has 2 N–H and O–H groups in total. The minimum atomic E-state index is 0.473. The van der Waals surface area contributed by atoms with Gasteiger partial charge in [-0.1, -0.05) is 0 Å². The van der Waals surface area contributed by atoms with Crippen LogP contribution in [0.25, 0.3) is 0 Å². The van der Waals surface area contributed by atoms with Gasteiger partial charge in [-0.05, 0) is 13.8 Å². The molecule has 0 radical (unpaired) electrons. The van der Waals surface area contributed by atoms with Crippen LogP contribution in [0.2, 0.25) is 0 Å². The topological polar surface area (TPSA) is 92.5 Å². The number of nitrogens with zero attached hydrogens (tertiary/aromatic N) is 6. The highest BCUT2D eigenvalue weighted by atomic mass is 32.1. The molecule has 27 heavy (non-hydrogen) atoms. The standard InChI is InChI=1S/C17H28N8OS/c1-13-10-19-16(27-13)12-21-17(18-4-5-25-6-8-26-9-7-25)20-11-15-23-22-14(2)24(15)3/h10H,4-9,11-12H2,1-3H3,(H2,18,20,21). The number of aromatic nitrogens is 4. The maximum atomic E-state index is 5.40. The predicted octanol–water partition coefficient (Wildman–Crippen LogP) is 0.456. The molecule has 3 heterocycles. The Morgan fingerprint density at radius 3 is 2.74 bits per heavy atom. The summed E-state index contributed by atoms with van der Waals surface area (Å²) in [5.41, 5.74) is 0. The predicted molar refractivity (Wildman–Crippen MR) is 106 cm³/mol. The zero-order valence-corrected chi connectivity index (χ0v) is 17.1. The summed E-state index contributed by atoms with van der Waals surface area (Å²) in [7, 11) is 1.96. The van der Waals surface area contributed by atoms with Crippen LogP contribution in [-0.4, -0.2) is 70.0 Å². The number of rotatable bonds is 7. The van der Waals surface area contributed by atoms with Crippen molar-refractivity contribution in [2.75, 3.05) is 39.4 Å². The zero-order valence-electron chi connectivity index (χ0n) is 16.2. The Labute approximate surface area is 163 Å². The van der Waals surface area contributed by atoms with E-state index in [1.807, 2.05) is 24.7 Å². The van der Waals surface area contributed by atoms with Crippen molar-refractivity contribution >= 4 is 17.3 Å². The average Bonchev–Trinajstić information content (AvgIpc) is 3.24. The number of morpholine rings is 1. The van der Waals surface area contributed by atoms with Gasteiger partial charge < -0.3 is 19.9 Å². The van der Waals surface area contributed by atoms with E-state index in [0.29, 0.717) is 13.1 Å². The lowest BCUT2D eigenvalue weighted by Gasteiger charge is -2.26. The molecule has 0 saturated carbocycles. The summed E-state index contributed by atoms with van der Waals surface area (Å²) in [6.45, 7) is 10.5. The van der Waals surface area contributed by atoms with E-state index in [1.54, 1.807) is 11.3 Å². The Morgan fingerprint density at radius 2 is 2.07 bits per heavy atom. The third kappa shape index (κ3) is 5.98. The normalized spacial score (nSPS) is 15.9. The van der Waals surface area contributed by atoms with Crippen LogP contribution >= 0.6 is 11.3 Å². The van der Waals surface area contributed by atoms with Gasteiger partial charge in [0, 0.05) is 44.3 Å². The van der Waals surface area contributed by atoms with Crippen molar-refractivity contribution in [3.63, 3.8) is 0 Å².